The summed E-state index contributed by atoms with van der Waals surface area (Å²) in [5.41, 5.74) is 5.07. The van der Waals surface area contributed by atoms with Gasteiger partial charge < -0.3 is 0 Å². The van der Waals surface area contributed by atoms with Gasteiger partial charge >= 0.3 is 0 Å². The van der Waals surface area contributed by atoms with Gasteiger partial charge in [0.25, 0.3) is 0 Å². The van der Waals surface area contributed by atoms with Crippen LogP contribution < -0.4 is 0 Å². The van der Waals surface area contributed by atoms with Crippen LogP contribution in [0, 0.1) is 24.2 Å². The number of nitrogens with zero attached hydrogens (tertiary/aromatic N) is 1. The molecule has 1 aromatic rings. The fourth-order valence-corrected chi connectivity index (χ4v) is 5.96. The van der Waals surface area contributed by atoms with Crippen molar-refractivity contribution < 1.29 is 17.6 Å². The number of aliphatic imine (C=N–C) groups is 1. The summed E-state index contributed by atoms with van der Waals surface area (Å²) < 4.78 is 43.9. The number of benzene rings is 1. The number of aryl methyl sites for hydroxylation is 1. The first-order valence-electron chi connectivity index (χ1n) is 15.3. The highest BCUT2D eigenvalue weighted by Gasteiger charge is 2.51. The molecular formula is C36H57Cl2F4N. The van der Waals surface area contributed by atoms with E-state index in [1.807, 2.05) is 26.0 Å². The number of alkyl halides is 3. The first kappa shape index (κ1) is 43.5. The second-order valence-corrected chi connectivity index (χ2v) is 12.5. The Hall–Kier alpha value is -1.59. The van der Waals surface area contributed by atoms with Crippen LogP contribution in [0.3, 0.4) is 0 Å². The van der Waals surface area contributed by atoms with Crippen molar-refractivity contribution in [2.45, 2.75) is 112 Å². The molecule has 3 aliphatic carbocycles. The fourth-order valence-electron chi connectivity index (χ4n) is 5.09. The van der Waals surface area contributed by atoms with Crippen LogP contribution in [0.15, 0.2) is 47.3 Å². The minimum Gasteiger partial charge on any atom is -0.296 e. The zero-order valence-corrected chi connectivity index (χ0v) is 29.7. The van der Waals surface area contributed by atoms with E-state index in [9.17, 15) is 17.6 Å². The standard InChI is InChI=1S/C11H12Cl2.C8H12FN.C8H14.C7H13F.2CH3F/c1-4-8(3)11-9(12)5-7(2)6-10(11)13;1-6(2)8(5-10-4)7(3)9;1-2-7-5-8(6-7)3-4-8;1-6-2-4-7(8)5-3-6;2*1-2/h5-6H,3-4H2,1-2H3;5H,1H2,2-4H3;7H,2-6H2,1H3;6-7H,2-5H2,1H3;2*1H3/b;8-7-,10-5?;;;;. The van der Waals surface area contributed by atoms with Gasteiger partial charge in [0.1, 0.15) is 12.0 Å². The number of rotatable bonds is 5. The van der Waals surface area contributed by atoms with Gasteiger partial charge in [0.2, 0.25) is 0 Å². The van der Waals surface area contributed by atoms with E-state index in [1.165, 1.54) is 19.6 Å². The van der Waals surface area contributed by atoms with E-state index in [0.29, 0.717) is 35.5 Å². The summed E-state index contributed by atoms with van der Waals surface area (Å²) in [4.78, 5) is 3.69. The van der Waals surface area contributed by atoms with E-state index < -0.39 is 6.17 Å². The van der Waals surface area contributed by atoms with E-state index >= 15 is 0 Å². The van der Waals surface area contributed by atoms with Crippen LogP contribution in [0.1, 0.15) is 110 Å². The van der Waals surface area contributed by atoms with Crippen LogP contribution in [0.2, 0.25) is 10.0 Å². The summed E-state index contributed by atoms with van der Waals surface area (Å²) in [6.07, 6.45) is 13.4. The van der Waals surface area contributed by atoms with Gasteiger partial charge in [-0.05, 0) is 125 Å². The third-order valence-corrected chi connectivity index (χ3v) is 8.58. The lowest BCUT2D eigenvalue weighted by Crippen LogP contribution is -2.23. The summed E-state index contributed by atoms with van der Waals surface area (Å²) in [5, 5.41) is 1.38. The molecule has 0 heterocycles. The van der Waals surface area contributed by atoms with Crippen molar-refractivity contribution in [3.05, 3.63) is 63.4 Å². The van der Waals surface area contributed by atoms with Crippen molar-refractivity contribution in [1.29, 1.82) is 0 Å². The van der Waals surface area contributed by atoms with Crippen LogP contribution >= 0.6 is 23.2 Å². The van der Waals surface area contributed by atoms with Gasteiger partial charge in [0, 0.05) is 34.4 Å². The second kappa shape index (κ2) is 23.7. The Bertz CT molecular complexity index is 961. The third-order valence-electron chi connectivity index (χ3n) is 7.98. The quantitative estimate of drug-likeness (QED) is 0.171. The van der Waals surface area contributed by atoms with E-state index in [4.69, 9.17) is 23.2 Å². The van der Waals surface area contributed by atoms with Crippen LogP contribution in [-0.4, -0.2) is 33.8 Å². The number of halogens is 6. The topological polar surface area (TPSA) is 12.4 Å². The van der Waals surface area contributed by atoms with Gasteiger partial charge in [-0.2, -0.15) is 0 Å². The predicted molar refractivity (Wildman–Crippen MR) is 185 cm³/mol. The van der Waals surface area contributed by atoms with Crippen molar-refractivity contribution >= 4 is 35.0 Å². The van der Waals surface area contributed by atoms with Crippen LogP contribution in [0.25, 0.3) is 5.57 Å². The number of hydrogen-bond donors (Lipinski definition) is 0. The van der Waals surface area contributed by atoms with Gasteiger partial charge in [-0.25, -0.2) is 8.78 Å². The van der Waals surface area contributed by atoms with E-state index in [2.05, 4.69) is 32.0 Å². The Kier molecular flexibility index (Phi) is 24.0. The predicted octanol–water partition coefficient (Wildman–Crippen LogP) is 13.5. The summed E-state index contributed by atoms with van der Waals surface area (Å²) >= 11 is 12.1. The average Bonchev–Trinajstić information content (AvgIpc) is 3.76. The molecule has 0 saturated heterocycles. The Morgan fingerprint density at radius 1 is 0.977 bits per heavy atom. The zero-order valence-electron chi connectivity index (χ0n) is 28.2. The molecule has 43 heavy (non-hydrogen) atoms. The van der Waals surface area contributed by atoms with E-state index in [-0.39, 0.29) is 5.83 Å². The molecule has 0 N–H and O–H groups in total. The molecule has 3 fully saturated rings. The number of allylic oxidation sites excluding steroid dienone is 4. The van der Waals surface area contributed by atoms with Gasteiger partial charge in [-0.15, -0.1) is 0 Å². The molecule has 0 radical (unpaired) electrons. The highest BCUT2D eigenvalue weighted by Crippen LogP contribution is 2.63. The summed E-state index contributed by atoms with van der Waals surface area (Å²) in [6.45, 7) is 19.2. The fraction of sp³-hybridized carbons (Fsp3) is 0.639. The summed E-state index contributed by atoms with van der Waals surface area (Å²) in [6, 6.07) is 3.81. The van der Waals surface area contributed by atoms with Crippen molar-refractivity contribution in [3.63, 3.8) is 0 Å². The van der Waals surface area contributed by atoms with Gasteiger partial charge in [0.05, 0.1) is 14.4 Å². The molecule has 0 aliphatic heterocycles. The first-order chi connectivity index (χ1) is 20.3. The Morgan fingerprint density at radius 2 is 1.44 bits per heavy atom. The van der Waals surface area contributed by atoms with Crippen LogP contribution in [-0.2, 0) is 0 Å². The maximum atomic E-state index is 12.5. The normalized spacial score (nSPS) is 20.0. The Balaban J connectivity index is 0. The minimum atomic E-state index is -0.480. The maximum absolute atomic E-state index is 12.5. The molecule has 3 saturated carbocycles. The monoisotopic (exact) mass is 649 g/mol. The second-order valence-electron chi connectivity index (χ2n) is 11.7. The average molecular weight is 651 g/mol. The van der Waals surface area contributed by atoms with Crippen molar-refractivity contribution in [3.8, 4) is 0 Å². The lowest BCUT2D eigenvalue weighted by molar-refractivity contribution is 0.164. The summed E-state index contributed by atoms with van der Waals surface area (Å²) in [7, 11) is 2.60. The highest BCUT2D eigenvalue weighted by molar-refractivity contribution is 6.37. The smallest absolute Gasteiger partial charge is 0.106 e. The van der Waals surface area contributed by atoms with E-state index in [0.717, 1.165) is 66.1 Å². The molecule has 0 amide bonds. The largest absolute Gasteiger partial charge is 0.296 e. The van der Waals surface area contributed by atoms with Crippen LogP contribution in [0.4, 0.5) is 17.6 Å². The lowest BCUT2D eigenvalue weighted by Gasteiger charge is -2.34. The molecule has 0 unspecified atom stereocenters. The molecule has 7 heteroatoms. The first-order valence-corrected chi connectivity index (χ1v) is 16.0. The molecule has 1 aromatic carbocycles. The molecule has 3 aliphatic rings. The lowest BCUT2D eigenvalue weighted by atomic mass is 9.71. The zero-order chi connectivity index (χ0) is 33.8. The molecule has 248 valence electrons. The molecule has 4 rings (SSSR count). The molecule has 0 aromatic heterocycles. The minimum absolute atomic E-state index is 0.238. The molecular weight excluding hydrogens is 593 g/mol. The molecule has 1 nitrogen and oxygen atoms in total. The molecule has 1 spiro atoms. The van der Waals surface area contributed by atoms with Crippen molar-refractivity contribution in [2.24, 2.45) is 22.2 Å². The summed E-state index contributed by atoms with van der Waals surface area (Å²) in [5.74, 6) is 1.66. The molecule has 0 atom stereocenters. The molecule has 0 bridgehead atoms. The Morgan fingerprint density at radius 3 is 1.72 bits per heavy atom. The van der Waals surface area contributed by atoms with Gasteiger partial charge in [0.15, 0.2) is 0 Å². The Labute approximate surface area is 270 Å². The SMILES string of the molecule is C=C(C)/C(C=NC)=C(/C)F.C=C(CC)c1c(Cl)cc(C)cc1Cl.CC1CCC(F)CC1.CCC1CC2(CC2)C1.CF.CF. The van der Waals surface area contributed by atoms with Crippen molar-refractivity contribution in [1.82, 2.24) is 0 Å². The number of hydrogen-bond acceptors (Lipinski definition) is 1. The third kappa shape index (κ3) is 17.5. The van der Waals surface area contributed by atoms with Gasteiger partial charge in [-0.3, -0.25) is 13.8 Å². The maximum Gasteiger partial charge on any atom is 0.106 e. The van der Waals surface area contributed by atoms with Gasteiger partial charge in [-0.1, -0.05) is 63.6 Å². The van der Waals surface area contributed by atoms with E-state index in [1.54, 1.807) is 39.7 Å². The highest BCUT2D eigenvalue weighted by atomic mass is 35.5. The van der Waals surface area contributed by atoms with Crippen LogP contribution in [0.5, 0.6) is 0 Å². The van der Waals surface area contributed by atoms with Crippen molar-refractivity contribution in [2.75, 3.05) is 21.4 Å².